The van der Waals surface area contributed by atoms with E-state index in [4.69, 9.17) is 4.74 Å². The molecule has 0 spiro atoms. The van der Waals surface area contributed by atoms with E-state index >= 15 is 0 Å². The van der Waals surface area contributed by atoms with Crippen LogP contribution in [0.25, 0.3) is 0 Å². The molecular formula is C11H24O2. The molecule has 13 heavy (non-hydrogen) atoms. The van der Waals surface area contributed by atoms with E-state index in [0.717, 1.165) is 25.7 Å². The summed E-state index contributed by atoms with van der Waals surface area (Å²) in [5.41, 5.74) is 0. The van der Waals surface area contributed by atoms with Crippen molar-refractivity contribution in [2.45, 2.75) is 58.7 Å². The van der Waals surface area contributed by atoms with Crippen molar-refractivity contribution >= 4 is 0 Å². The third-order valence-corrected chi connectivity index (χ3v) is 2.34. The molecule has 0 rings (SSSR count). The summed E-state index contributed by atoms with van der Waals surface area (Å²) in [4.78, 5) is 0. The lowest BCUT2D eigenvalue weighted by molar-refractivity contribution is -0.0222. The molecule has 2 atom stereocenters. The first kappa shape index (κ1) is 12.9. The first-order valence-electron chi connectivity index (χ1n) is 5.32. The van der Waals surface area contributed by atoms with Gasteiger partial charge in [-0.3, -0.25) is 0 Å². The maximum atomic E-state index is 9.76. The Morgan fingerprint density at radius 2 is 1.77 bits per heavy atom. The smallest absolute Gasteiger partial charge is 0.0830 e. The van der Waals surface area contributed by atoms with E-state index < -0.39 is 0 Å². The highest BCUT2D eigenvalue weighted by Crippen LogP contribution is 2.14. The van der Waals surface area contributed by atoms with Gasteiger partial charge in [0.05, 0.1) is 12.2 Å². The van der Waals surface area contributed by atoms with E-state index in [1.54, 1.807) is 7.11 Å². The minimum atomic E-state index is -0.285. The van der Waals surface area contributed by atoms with Crippen LogP contribution in [0.15, 0.2) is 0 Å². The van der Waals surface area contributed by atoms with Crippen molar-refractivity contribution < 1.29 is 9.84 Å². The molecule has 0 aliphatic heterocycles. The highest BCUT2D eigenvalue weighted by molar-refractivity contribution is 4.68. The molecular weight excluding hydrogens is 164 g/mol. The van der Waals surface area contributed by atoms with Crippen LogP contribution >= 0.6 is 0 Å². The number of methoxy groups -OCH3 is 1. The third-order valence-electron chi connectivity index (χ3n) is 2.34. The summed E-state index contributed by atoms with van der Waals surface area (Å²) in [6, 6.07) is 0. The molecule has 80 valence electrons. The van der Waals surface area contributed by atoms with E-state index in [1.807, 2.05) is 0 Å². The van der Waals surface area contributed by atoms with Crippen molar-refractivity contribution in [2.24, 2.45) is 5.92 Å². The molecule has 0 bridgehead atoms. The molecule has 2 heteroatoms. The topological polar surface area (TPSA) is 29.5 Å². The Morgan fingerprint density at radius 1 is 1.15 bits per heavy atom. The van der Waals surface area contributed by atoms with Gasteiger partial charge in [0, 0.05) is 7.11 Å². The van der Waals surface area contributed by atoms with Crippen LogP contribution in [-0.4, -0.2) is 24.4 Å². The highest BCUT2D eigenvalue weighted by Gasteiger charge is 2.17. The van der Waals surface area contributed by atoms with Gasteiger partial charge in [-0.1, -0.05) is 27.2 Å². The molecule has 0 aromatic heterocycles. The van der Waals surface area contributed by atoms with E-state index in [1.165, 1.54) is 0 Å². The molecule has 0 saturated carbocycles. The molecule has 2 nitrogen and oxygen atoms in total. The van der Waals surface area contributed by atoms with Crippen molar-refractivity contribution in [2.75, 3.05) is 7.11 Å². The predicted octanol–water partition coefficient (Wildman–Crippen LogP) is 2.60. The van der Waals surface area contributed by atoms with Crippen molar-refractivity contribution in [1.82, 2.24) is 0 Å². The molecule has 0 heterocycles. The lowest BCUT2D eigenvalue weighted by Crippen LogP contribution is -2.28. The first-order valence-corrected chi connectivity index (χ1v) is 5.32. The SMILES string of the molecule is CCCC(OC)C(O)CCC(C)C. The van der Waals surface area contributed by atoms with Crippen LogP contribution in [0.2, 0.25) is 0 Å². The number of hydrogen-bond acceptors (Lipinski definition) is 2. The Labute approximate surface area is 82.3 Å². The van der Waals surface area contributed by atoms with Gasteiger partial charge < -0.3 is 9.84 Å². The molecule has 0 radical (unpaired) electrons. The van der Waals surface area contributed by atoms with Gasteiger partial charge in [-0.15, -0.1) is 0 Å². The van der Waals surface area contributed by atoms with E-state index in [0.29, 0.717) is 5.92 Å². The number of aliphatic hydroxyl groups excluding tert-OH is 1. The second-order valence-electron chi connectivity index (χ2n) is 4.10. The molecule has 0 aromatic rings. The van der Waals surface area contributed by atoms with Gasteiger partial charge in [0.15, 0.2) is 0 Å². The van der Waals surface area contributed by atoms with Crippen LogP contribution < -0.4 is 0 Å². The van der Waals surface area contributed by atoms with E-state index in [9.17, 15) is 5.11 Å². The number of hydrogen-bond donors (Lipinski definition) is 1. The summed E-state index contributed by atoms with van der Waals surface area (Å²) in [5, 5.41) is 9.76. The number of ether oxygens (including phenoxy) is 1. The summed E-state index contributed by atoms with van der Waals surface area (Å²) in [6.45, 7) is 6.46. The van der Waals surface area contributed by atoms with Gasteiger partial charge in [0.25, 0.3) is 0 Å². The quantitative estimate of drug-likeness (QED) is 0.665. The largest absolute Gasteiger partial charge is 0.390 e. The van der Waals surface area contributed by atoms with Crippen LogP contribution in [0.5, 0.6) is 0 Å². The zero-order valence-corrected chi connectivity index (χ0v) is 9.42. The molecule has 0 aliphatic rings. The second kappa shape index (κ2) is 7.34. The summed E-state index contributed by atoms with van der Waals surface area (Å²) in [6.07, 6.45) is 3.70. The first-order chi connectivity index (χ1) is 6.11. The average Bonchev–Trinajstić information content (AvgIpc) is 2.10. The normalized spacial score (nSPS) is 16.2. The van der Waals surface area contributed by atoms with E-state index in [2.05, 4.69) is 20.8 Å². The maximum absolute atomic E-state index is 9.76. The van der Waals surface area contributed by atoms with Crippen molar-refractivity contribution in [3.63, 3.8) is 0 Å². The predicted molar refractivity (Wildman–Crippen MR) is 55.8 cm³/mol. The van der Waals surface area contributed by atoms with Crippen molar-refractivity contribution in [1.29, 1.82) is 0 Å². The van der Waals surface area contributed by atoms with Gasteiger partial charge in [-0.25, -0.2) is 0 Å². The van der Waals surface area contributed by atoms with Crippen LogP contribution in [0.1, 0.15) is 46.5 Å². The van der Waals surface area contributed by atoms with Crippen molar-refractivity contribution in [3.8, 4) is 0 Å². The van der Waals surface area contributed by atoms with E-state index in [-0.39, 0.29) is 12.2 Å². The molecule has 0 aliphatic carbocycles. The standard InChI is InChI=1S/C11H24O2/c1-5-6-11(13-4)10(12)8-7-9(2)3/h9-12H,5-8H2,1-4H3. The van der Waals surface area contributed by atoms with Gasteiger partial charge >= 0.3 is 0 Å². The highest BCUT2D eigenvalue weighted by atomic mass is 16.5. The van der Waals surface area contributed by atoms with Crippen molar-refractivity contribution in [3.05, 3.63) is 0 Å². The van der Waals surface area contributed by atoms with Gasteiger partial charge in [0.1, 0.15) is 0 Å². The summed E-state index contributed by atoms with van der Waals surface area (Å²) in [7, 11) is 1.68. The molecule has 0 saturated heterocycles. The minimum absolute atomic E-state index is 0.0312. The fourth-order valence-electron chi connectivity index (χ4n) is 1.44. The molecule has 0 amide bonds. The number of aliphatic hydroxyl groups is 1. The van der Waals surface area contributed by atoms with Crippen LogP contribution in [0.4, 0.5) is 0 Å². The van der Waals surface area contributed by atoms with Crippen LogP contribution in [0.3, 0.4) is 0 Å². The lowest BCUT2D eigenvalue weighted by Gasteiger charge is -2.21. The summed E-state index contributed by atoms with van der Waals surface area (Å²) >= 11 is 0. The zero-order valence-electron chi connectivity index (χ0n) is 9.42. The van der Waals surface area contributed by atoms with Gasteiger partial charge in [-0.2, -0.15) is 0 Å². The van der Waals surface area contributed by atoms with Crippen LogP contribution in [-0.2, 0) is 4.74 Å². The Morgan fingerprint density at radius 3 is 2.15 bits per heavy atom. The average molecular weight is 188 g/mol. The molecule has 2 unspecified atom stereocenters. The van der Waals surface area contributed by atoms with Gasteiger partial charge in [0.2, 0.25) is 0 Å². The molecule has 0 aromatic carbocycles. The summed E-state index contributed by atoms with van der Waals surface area (Å²) in [5.74, 6) is 0.661. The monoisotopic (exact) mass is 188 g/mol. The minimum Gasteiger partial charge on any atom is -0.390 e. The molecule has 0 fully saturated rings. The van der Waals surface area contributed by atoms with Gasteiger partial charge in [-0.05, 0) is 25.2 Å². The fraction of sp³-hybridized carbons (Fsp3) is 1.00. The summed E-state index contributed by atoms with van der Waals surface area (Å²) < 4.78 is 5.23. The Bertz CT molecular complexity index is 113. The second-order valence-corrected chi connectivity index (χ2v) is 4.10. The Kier molecular flexibility index (Phi) is 7.29. The van der Waals surface area contributed by atoms with Crippen LogP contribution in [0, 0.1) is 5.92 Å². The lowest BCUT2D eigenvalue weighted by atomic mass is 9.99. The molecule has 1 N–H and O–H groups in total. The Hall–Kier alpha value is -0.0800. The zero-order chi connectivity index (χ0) is 10.3. The Balaban J connectivity index is 3.69. The fourth-order valence-corrected chi connectivity index (χ4v) is 1.44. The number of rotatable bonds is 7. The maximum Gasteiger partial charge on any atom is 0.0830 e. The third kappa shape index (κ3) is 6.05.